The fraction of sp³-hybridized carbons (Fsp3) is 0.650. The van der Waals surface area contributed by atoms with Crippen LogP contribution in [-0.4, -0.2) is 72.1 Å². The largest absolute Gasteiger partial charge is 0.462 e. The number of β-lactam (4-membered cyclic amide) rings is 1. The van der Waals surface area contributed by atoms with Crippen LogP contribution in [0.25, 0.3) is 0 Å². The summed E-state index contributed by atoms with van der Waals surface area (Å²) in [5.74, 6) is -1.75. The van der Waals surface area contributed by atoms with E-state index < -0.39 is 41.5 Å². The first-order chi connectivity index (χ1) is 15.7. The number of hydrogen-bond acceptors (Lipinski definition) is 10. The van der Waals surface area contributed by atoms with Crippen molar-refractivity contribution in [2.45, 2.75) is 56.7 Å². The molecule has 0 spiro atoms. The highest BCUT2D eigenvalue weighted by molar-refractivity contribution is 8.00. The van der Waals surface area contributed by atoms with E-state index in [2.05, 4.69) is 12.2 Å². The number of carbonyl (C=O) groups excluding carboxylic acids is 5. The number of carbonyl (C=O) groups is 5. The molecule has 1 saturated heterocycles. The van der Waals surface area contributed by atoms with E-state index in [0.717, 1.165) is 25.7 Å². The molecule has 0 aliphatic carbocycles. The number of nitrogens with two attached hydrogens (primary N) is 1. The van der Waals surface area contributed by atoms with Crippen LogP contribution in [0.3, 0.4) is 0 Å². The van der Waals surface area contributed by atoms with Crippen molar-refractivity contribution in [1.82, 2.24) is 10.2 Å². The Balaban J connectivity index is 2.15. The van der Waals surface area contributed by atoms with Crippen molar-refractivity contribution in [2.24, 2.45) is 5.73 Å². The fourth-order valence-corrected chi connectivity index (χ4v) is 4.56. The van der Waals surface area contributed by atoms with Crippen LogP contribution in [-0.2, 0) is 33.3 Å². The number of nitrogens with zero attached hydrogens (tertiary/aromatic N) is 1. The number of esters is 2. The first-order valence-corrected chi connectivity index (χ1v) is 11.5. The third-order valence-corrected chi connectivity index (χ3v) is 6.09. The summed E-state index contributed by atoms with van der Waals surface area (Å²) in [7, 11) is 0. The lowest BCUT2D eigenvalue weighted by Crippen LogP contribution is -2.58. The van der Waals surface area contributed by atoms with Crippen molar-refractivity contribution in [3.63, 3.8) is 0 Å². The molecule has 3 amide bonds. The number of thioether (sulfide) groups is 1. The summed E-state index contributed by atoms with van der Waals surface area (Å²) in [6.45, 7) is 2.66. The molecule has 0 bridgehead atoms. The highest BCUT2D eigenvalue weighted by Crippen LogP contribution is 2.43. The summed E-state index contributed by atoms with van der Waals surface area (Å²) in [5, 5.41) is 1.41. The number of alkyl carbamates (subject to hydrolysis) is 1. The average Bonchev–Trinajstić information content (AvgIpc) is 2.74. The number of fused-ring (bicyclic) bond motifs is 1. The van der Waals surface area contributed by atoms with Gasteiger partial charge in [0.1, 0.15) is 30.9 Å². The van der Waals surface area contributed by atoms with Crippen molar-refractivity contribution in [3.05, 3.63) is 11.3 Å². The normalized spacial score (nSPS) is 19.2. The summed E-state index contributed by atoms with van der Waals surface area (Å²) in [6, 6.07) is 0. The van der Waals surface area contributed by atoms with E-state index in [1.807, 2.05) is 0 Å². The quantitative estimate of drug-likeness (QED) is 0.178. The van der Waals surface area contributed by atoms with Crippen LogP contribution in [0, 0.1) is 0 Å². The van der Waals surface area contributed by atoms with Crippen molar-refractivity contribution in [3.8, 4) is 0 Å². The van der Waals surface area contributed by atoms with Gasteiger partial charge in [0.2, 0.25) is 5.91 Å². The number of ether oxygens (including phenoxy) is 4. The van der Waals surface area contributed by atoms with Crippen molar-refractivity contribution >= 4 is 41.8 Å². The summed E-state index contributed by atoms with van der Waals surface area (Å²) in [5.41, 5.74) is 5.05. The summed E-state index contributed by atoms with van der Waals surface area (Å²) < 4.78 is 19.9. The van der Waals surface area contributed by atoms with Gasteiger partial charge in [-0.15, -0.1) is 11.8 Å². The Bertz CT molecular complexity index is 802. The lowest BCUT2D eigenvalue weighted by atomic mass is 10.1. The van der Waals surface area contributed by atoms with Gasteiger partial charge in [-0.05, 0) is 6.42 Å². The molecule has 0 saturated carbocycles. The molecule has 1 fully saturated rings. The Kier molecular flexibility index (Phi) is 10.3. The van der Waals surface area contributed by atoms with Crippen LogP contribution < -0.4 is 11.1 Å². The number of rotatable bonds is 12. The molecule has 33 heavy (non-hydrogen) atoms. The molecule has 0 aromatic rings. The molecule has 2 rings (SSSR count). The van der Waals surface area contributed by atoms with Crippen molar-refractivity contribution in [1.29, 1.82) is 0 Å². The molecule has 2 heterocycles. The van der Waals surface area contributed by atoms with E-state index >= 15 is 0 Å². The second-order valence-electron chi connectivity index (χ2n) is 7.24. The minimum absolute atomic E-state index is 0.128. The Morgan fingerprint density at radius 3 is 2.42 bits per heavy atom. The van der Waals surface area contributed by atoms with E-state index in [1.165, 1.54) is 23.6 Å². The number of primary amides is 1. The van der Waals surface area contributed by atoms with Gasteiger partial charge in [-0.1, -0.05) is 26.2 Å². The lowest BCUT2D eigenvalue weighted by molar-refractivity contribution is -0.152. The van der Waals surface area contributed by atoms with Crippen LogP contribution >= 0.6 is 11.8 Å². The second kappa shape index (κ2) is 12.9. The Morgan fingerprint density at radius 1 is 1.06 bits per heavy atom. The molecule has 2 aliphatic rings. The Morgan fingerprint density at radius 2 is 1.79 bits per heavy atom. The number of amides is 3. The first kappa shape index (κ1) is 26.3. The zero-order chi connectivity index (χ0) is 24.4. The fourth-order valence-electron chi connectivity index (χ4n) is 3.16. The van der Waals surface area contributed by atoms with Crippen molar-refractivity contribution in [2.75, 3.05) is 26.4 Å². The summed E-state index contributed by atoms with van der Waals surface area (Å²) in [4.78, 5) is 60.6. The molecule has 1 unspecified atom stereocenters. The van der Waals surface area contributed by atoms with E-state index in [-0.39, 0.29) is 43.4 Å². The predicted molar refractivity (Wildman–Crippen MR) is 115 cm³/mol. The SMILES string of the molecule is CCCCCCOC(=O)NC1S[C@@H]2CC(=O)N2C(C(=O)OCCOC(C)=O)=C1COC(N)=O. The Labute approximate surface area is 195 Å². The van der Waals surface area contributed by atoms with Gasteiger partial charge in [0.25, 0.3) is 0 Å². The van der Waals surface area contributed by atoms with Gasteiger partial charge >= 0.3 is 24.1 Å². The average molecular weight is 488 g/mol. The molecule has 2 aliphatic heterocycles. The van der Waals surface area contributed by atoms with Crippen LogP contribution in [0.2, 0.25) is 0 Å². The lowest BCUT2D eigenvalue weighted by Gasteiger charge is -2.46. The van der Waals surface area contributed by atoms with E-state index in [9.17, 15) is 24.0 Å². The van der Waals surface area contributed by atoms with Gasteiger partial charge in [0.05, 0.1) is 18.4 Å². The molecule has 12 nitrogen and oxygen atoms in total. The monoisotopic (exact) mass is 487 g/mol. The number of hydrogen-bond donors (Lipinski definition) is 2. The third kappa shape index (κ3) is 7.84. The predicted octanol–water partition coefficient (Wildman–Crippen LogP) is 1.38. The molecule has 0 aromatic heterocycles. The zero-order valence-corrected chi connectivity index (χ0v) is 19.4. The summed E-state index contributed by atoms with van der Waals surface area (Å²) >= 11 is 1.20. The van der Waals surface area contributed by atoms with Crippen molar-refractivity contribution < 1.29 is 42.9 Å². The van der Waals surface area contributed by atoms with Gasteiger partial charge in [0, 0.05) is 12.5 Å². The minimum atomic E-state index is -1.09. The van der Waals surface area contributed by atoms with Gasteiger partial charge in [0.15, 0.2) is 0 Å². The van der Waals surface area contributed by atoms with Gasteiger partial charge in [-0.3, -0.25) is 14.5 Å². The van der Waals surface area contributed by atoms with E-state index in [1.54, 1.807) is 0 Å². The molecule has 0 radical (unpaired) electrons. The summed E-state index contributed by atoms with van der Waals surface area (Å²) in [6.07, 6.45) is 2.10. The molecular weight excluding hydrogens is 458 g/mol. The van der Waals surface area contributed by atoms with Gasteiger partial charge in [-0.2, -0.15) is 0 Å². The molecule has 2 atom stereocenters. The maximum Gasteiger partial charge on any atom is 0.408 e. The van der Waals surface area contributed by atoms with Crippen LogP contribution in [0.1, 0.15) is 46.0 Å². The minimum Gasteiger partial charge on any atom is -0.462 e. The third-order valence-electron chi connectivity index (χ3n) is 4.73. The van der Waals surface area contributed by atoms with Gasteiger partial charge in [-0.25, -0.2) is 14.4 Å². The molecule has 184 valence electrons. The topological polar surface area (TPSA) is 164 Å². The standard InChI is InChI=1S/C20H29N3O9S/c1-3-4-5-6-7-31-20(28)22-17-13(11-32-19(21)27)16(23-14(25)10-15(23)33-17)18(26)30-9-8-29-12(2)24/h15,17H,3-11H2,1-2H3,(H2,21,27)(H,22,28)/t15-,17?/m1/s1. The molecule has 3 N–H and O–H groups in total. The zero-order valence-electron chi connectivity index (χ0n) is 18.6. The van der Waals surface area contributed by atoms with Crippen LogP contribution in [0.15, 0.2) is 11.3 Å². The molecule has 13 heteroatoms. The Hall–Kier alpha value is -2.96. The highest BCUT2D eigenvalue weighted by atomic mass is 32.2. The van der Waals surface area contributed by atoms with E-state index in [4.69, 9.17) is 24.7 Å². The van der Waals surface area contributed by atoms with E-state index in [0.29, 0.717) is 0 Å². The highest BCUT2D eigenvalue weighted by Gasteiger charge is 2.49. The first-order valence-electron chi connectivity index (χ1n) is 10.6. The maximum absolute atomic E-state index is 12.8. The second-order valence-corrected chi connectivity index (χ2v) is 8.52. The van der Waals surface area contributed by atoms with Crippen LogP contribution in [0.4, 0.5) is 9.59 Å². The molecule has 0 aromatic carbocycles. The maximum atomic E-state index is 12.8. The molecular formula is C20H29N3O9S. The number of unbranched alkanes of at least 4 members (excludes halogenated alkanes) is 3. The van der Waals surface area contributed by atoms with Crippen LogP contribution in [0.5, 0.6) is 0 Å². The number of nitrogens with one attached hydrogen (secondary N) is 1. The van der Waals surface area contributed by atoms with Gasteiger partial charge < -0.3 is 30.0 Å². The smallest absolute Gasteiger partial charge is 0.408 e.